The summed E-state index contributed by atoms with van der Waals surface area (Å²) in [5.74, 6) is -0.488. The first kappa shape index (κ1) is 19.5. The van der Waals surface area contributed by atoms with Crippen molar-refractivity contribution in [3.05, 3.63) is 59.7 Å². The molecule has 0 saturated carbocycles. The van der Waals surface area contributed by atoms with Gasteiger partial charge in [0, 0.05) is 11.4 Å². The molecule has 0 aliphatic rings. The zero-order valence-corrected chi connectivity index (χ0v) is 15.8. The number of benzene rings is 2. The van der Waals surface area contributed by atoms with Crippen molar-refractivity contribution in [3.8, 4) is 0 Å². The molecule has 0 spiro atoms. The van der Waals surface area contributed by atoms with Gasteiger partial charge in [0.15, 0.2) is 0 Å². The van der Waals surface area contributed by atoms with Crippen LogP contribution >= 0.6 is 0 Å². The van der Waals surface area contributed by atoms with Gasteiger partial charge in [0.2, 0.25) is 5.91 Å². The van der Waals surface area contributed by atoms with Crippen LogP contribution in [0.4, 0.5) is 11.4 Å². The third-order valence-corrected chi connectivity index (χ3v) is 3.88. The summed E-state index contributed by atoms with van der Waals surface area (Å²) < 4.78 is 4.94. The Morgan fingerprint density at radius 2 is 1.50 bits per heavy atom. The van der Waals surface area contributed by atoms with Gasteiger partial charge in [-0.05, 0) is 54.3 Å². The smallest absolute Gasteiger partial charge is 0.338 e. The minimum absolute atomic E-state index is 0.0831. The van der Waals surface area contributed by atoms with E-state index in [-0.39, 0.29) is 23.8 Å². The molecule has 5 heteroatoms. The van der Waals surface area contributed by atoms with E-state index >= 15 is 0 Å². The van der Waals surface area contributed by atoms with Gasteiger partial charge in [0.05, 0.1) is 18.7 Å². The molecule has 0 atom stereocenters. The minimum atomic E-state index is -0.351. The number of hydrogen-bond acceptors (Lipinski definition) is 4. The second-order valence-electron chi connectivity index (χ2n) is 7.03. The average molecular weight is 354 g/mol. The van der Waals surface area contributed by atoms with Gasteiger partial charge in [-0.15, -0.1) is 0 Å². The maximum Gasteiger partial charge on any atom is 0.338 e. The second kappa shape index (κ2) is 8.52. The Morgan fingerprint density at radius 3 is 2.04 bits per heavy atom. The van der Waals surface area contributed by atoms with Gasteiger partial charge in [-0.3, -0.25) is 4.79 Å². The van der Waals surface area contributed by atoms with Crippen LogP contribution in [-0.4, -0.2) is 25.0 Å². The zero-order valence-electron chi connectivity index (χ0n) is 15.8. The van der Waals surface area contributed by atoms with E-state index < -0.39 is 0 Å². The van der Waals surface area contributed by atoms with Crippen LogP contribution in [0.1, 0.15) is 43.6 Å². The Hall–Kier alpha value is -2.82. The van der Waals surface area contributed by atoms with Crippen LogP contribution in [-0.2, 0) is 14.9 Å². The molecular formula is C21H26N2O3. The Labute approximate surface area is 154 Å². The van der Waals surface area contributed by atoms with Crippen molar-refractivity contribution in [1.29, 1.82) is 0 Å². The zero-order chi connectivity index (χ0) is 19.2. The fourth-order valence-electron chi connectivity index (χ4n) is 2.38. The molecule has 0 heterocycles. The fraction of sp³-hybridized carbons (Fsp3) is 0.333. The molecule has 26 heavy (non-hydrogen) atoms. The summed E-state index contributed by atoms with van der Waals surface area (Å²) in [6.45, 7) is 8.70. The predicted molar refractivity (Wildman–Crippen MR) is 105 cm³/mol. The first-order chi connectivity index (χ1) is 12.3. The molecule has 1 amide bonds. The molecule has 5 nitrogen and oxygen atoms in total. The van der Waals surface area contributed by atoms with Crippen LogP contribution in [0, 0.1) is 0 Å². The van der Waals surface area contributed by atoms with Crippen molar-refractivity contribution in [3.63, 3.8) is 0 Å². The van der Waals surface area contributed by atoms with Crippen molar-refractivity contribution in [2.24, 2.45) is 0 Å². The average Bonchev–Trinajstić information content (AvgIpc) is 2.60. The maximum atomic E-state index is 12.1. The number of hydrogen-bond donors (Lipinski definition) is 2. The number of esters is 1. The summed E-state index contributed by atoms with van der Waals surface area (Å²) in [5.41, 5.74) is 3.31. The molecule has 138 valence electrons. The molecule has 2 N–H and O–H groups in total. The summed E-state index contributed by atoms with van der Waals surface area (Å²) in [7, 11) is 0. The number of ether oxygens (including phenoxy) is 1. The topological polar surface area (TPSA) is 67.4 Å². The maximum absolute atomic E-state index is 12.1. The molecular weight excluding hydrogens is 328 g/mol. The summed E-state index contributed by atoms with van der Waals surface area (Å²) >= 11 is 0. The van der Waals surface area contributed by atoms with Crippen molar-refractivity contribution in [2.45, 2.75) is 33.1 Å². The van der Waals surface area contributed by atoms with Gasteiger partial charge >= 0.3 is 5.97 Å². The van der Waals surface area contributed by atoms with E-state index in [2.05, 4.69) is 31.4 Å². The van der Waals surface area contributed by atoms with Gasteiger partial charge < -0.3 is 15.4 Å². The van der Waals surface area contributed by atoms with Crippen molar-refractivity contribution in [1.82, 2.24) is 0 Å². The standard InChI is InChI=1S/C21H26N2O3/c1-5-26-20(25)15-6-10-17(11-7-15)22-14-19(24)23-18-12-8-16(9-13-18)21(2,3)4/h6-13,22H,5,14H2,1-4H3,(H,23,24). The van der Waals surface area contributed by atoms with Crippen molar-refractivity contribution < 1.29 is 14.3 Å². The van der Waals surface area contributed by atoms with Crippen molar-refractivity contribution >= 4 is 23.3 Å². The Kier molecular flexibility index (Phi) is 6.39. The molecule has 0 unspecified atom stereocenters. The van der Waals surface area contributed by atoms with Crippen molar-refractivity contribution in [2.75, 3.05) is 23.8 Å². The lowest BCUT2D eigenvalue weighted by atomic mass is 9.87. The van der Waals surface area contributed by atoms with Gasteiger partial charge in [0.25, 0.3) is 0 Å². The van der Waals surface area contributed by atoms with E-state index in [1.54, 1.807) is 31.2 Å². The highest BCUT2D eigenvalue weighted by Gasteiger charge is 2.13. The van der Waals surface area contributed by atoms with E-state index in [1.807, 2.05) is 24.3 Å². The highest BCUT2D eigenvalue weighted by atomic mass is 16.5. The van der Waals surface area contributed by atoms with Crippen LogP contribution in [0.15, 0.2) is 48.5 Å². The van der Waals surface area contributed by atoms with E-state index in [9.17, 15) is 9.59 Å². The lowest BCUT2D eigenvalue weighted by Gasteiger charge is -2.19. The Morgan fingerprint density at radius 1 is 0.923 bits per heavy atom. The van der Waals surface area contributed by atoms with Gasteiger partial charge in [0.1, 0.15) is 0 Å². The molecule has 0 fully saturated rings. The molecule has 0 bridgehead atoms. The van der Waals surface area contributed by atoms with E-state index in [0.717, 1.165) is 11.4 Å². The molecule has 0 aliphatic carbocycles. The quantitative estimate of drug-likeness (QED) is 0.763. The second-order valence-corrected chi connectivity index (χ2v) is 7.03. The van der Waals surface area contributed by atoms with Crippen LogP contribution in [0.2, 0.25) is 0 Å². The number of carbonyl (C=O) groups excluding carboxylic acids is 2. The SMILES string of the molecule is CCOC(=O)c1ccc(NCC(=O)Nc2ccc(C(C)(C)C)cc2)cc1. The molecule has 2 aromatic rings. The third kappa shape index (κ3) is 5.62. The predicted octanol–water partition coefficient (Wildman–Crippen LogP) is 4.21. The molecule has 0 aliphatic heterocycles. The molecule has 0 saturated heterocycles. The Balaban J connectivity index is 1.86. The highest BCUT2D eigenvalue weighted by molar-refractivity contribution is 5.94. The molecule has 2 rings (SSSR count). The normalized spacial score (nSPS) is 10.9. The summed E-state index contributed by atoms with van der Waals surface area (Å²) in [5, 5.41) is 5.90. The minimum Gasteiger partial charge on any atom is -0.462 e. The number of carbonyl (C=O) groups is 2. The van der Waals surface area contributed by atoms with Crippen LogP contribution < -0.4 is 10.6 Å². The molecule has 2 aromatic carbocycles. The first-order valence-corrected chi connectivity index (χ1v) is 8.71. The fourth-order valence-corrected chi connectivity index (χ4v) is 2.38. The van der Waals surface area contributed by atoms with Gasteiger partial charge in [-0.25, -0.2) is 4.79 Å². The number of amides is 1. The largest absolute Gasteiger partial charge is 0.462 e. The number of rotatable bonds is 6. The van der Waals surface area contributed by atoms with E-state index in [4.69, 9.17) is 4.74 Å². The summed E-state index contributed by atoms with van der Waals surface area (Å²) in [6.07, 6.45) is 0. The van der Waals surface area contributed by atoms with Crippen LogP contribution in [0.25, 0.3) is 0 Å². The number of anilines is 2. The van der Waals surface area contributed by atoms with Gasteiger partial charge in [-0.2, -0.15) is 0 Å². The lowest BCUT2D eigenvalue weighted by Crippen LogP contribution is -2.22. The summed E-state index contributed by atoms with van der Waals surface area (Å²) in [4.78, 5) is 23.7. The monoisotopic (exact) mass is 354 g/mol. The van der Waals surface area contributed by atoms with Crippen LogP contribution in [0.5, 0.6) is 0 Å². The highest BCUT2D eigenvalue weighted by Crippen LogP contribution is 2.23. The number of nitrogens with one attached hydrogen (secondary N) is 2. The van der Waals surface area contributed by atoms with Gasteiger partial charge in [-0.1, -0.05) is 32.9 Å². The summed E-state index contributed by atoms with van der Waals surface area (Å²) in [6, 6.07) is 14.7. The Bertz CT molecular complexity index is 744. The first-order valence-electron chi connectivity index (χ1n) is 8.71. The molecule has 0 aromatic heterocycles. The molecule has 0 radical (unpaired) electrons. The lowest BCUT2D eigenvalue weighted by molar-refractivity contribution is -0.114. The van der Waals surface area contributed by atoms with E-state index in [1.165, 1.54) is 5.56 Å². The van der Waals surface area contributed by atoms with Crippen LogP contribution in [0.3, 0.4) is 0 Å². The van der Waals surface area contributed by atoms with E-state index in [0.29, 0.717) is 12.2 Å². The third-order valence-electron chi connectivity index (χ3n) is 3.88.